The number of nitrogens with zero attached hydrogens (tertiary/aromatic N) is 3. The van der Waals surface area contributed by atoms with E-state index in [1.165, 1.54) is 17.5 Å². The first-order chi connectivity index (χ1) is 20.5. The normalized spacial score (nSPS) is 13.4. The summed E-state index contributed by atoms with van der Waals surface area (Å²) in [4.78, 5) is 38.6. The van der Waals surface area contributed by atoms with Gasteiger partial charge in [-0.05, 0) is 67.4 Å². The van der Waals surface area contributed by atoms with Crippen LogP contribution in [0.5, 0.6) is 0 Å². The first-order valence-corrected chi connectivity index (χ1v) is 14.3. The molecule has 3 N–H and O–H groups in total. The maximum Gasteiger partial charge on any atom is 0.291 e. The molecule has 0 saturated carbocycles. The minimum Gasteiger partial charge on any atom is -0.459 e. The maximum atomic E-state index is 13.1. The van der Waals surface area contributed by atoms with Crippen molar-refractivity contribution in [2.45, 2.75) is 19.8 Å². The summed E-state index contributed by atoms with van der Waals surface area (Å²) in [6.07, 6.45) is 2.94. The molecule has 1 saturated heterocycles. The van der Waals surface area contributed by atoms with Gasteiger partial charge in [0.05, 0.1) is 28.7 Å². The molecule has 0 aliphatic carbocycles. The van der Waals surface area contributed by atoms with Crippen LogP contribution in [0.25, 0.3) is 11.0 Å². The molecule has 214 valence electrons. The number of para-hydroxylation sites is 3. The molecule has 3 aromatic carbocycles. The fourth-order valence-electron chi connectivity index (χ4n) is 5.44. The highest BCUT2D eigenvalue weighted by Crippen LogP contribution is 2.30. The van der Waals surface area contributed by atoms with Gasteiger partial charge in [-0.2, -0.15) is 0 Å². The summed E-state index contributed by atoms with van der Waals surface area (Å²) in [5.74, 6) is 0.568. The minimum atomic E-state index is -0.358. The lowest BCUT2D eigenvalue weighted by molar-refractivity contribution is 0.0951. The number of piperazine rings is 1. The van der Waals surface area contributed by atoms with Gasteiger partial charge in [0.1, 0.15) is 5.82 Å². The molecule has 0 atom stereocenters. The van der Waals surface area contributed by atoms with E-state index < -0.39 is 0 Å². The van der Waals surface area contributed by atoms with Crippen LogP contribution in [0.2, 0.25) is 0 Å². The van der Waals surface area contributed by atoms with Gasteiger partial charge in [-0.1, -0.05) is 30.3 Å². The minimum absolute atomic E-state index is 0.191. The van der Waals surface area contributed by atoms with Crippen LogP contribution in [-0.4, -0.2) is 54.5 Å². The van der Waals surface area contributed by atoms with Gasteiger partial charge in [-0.25, -0.2) is 4.98 Å². The molecule has 2 aromatic heterocycles. The van der Waals surface area contributed by atoms with Gasteiger partial charge in [0.25, 0.3) is 11.8 Å². The maximum absolute atomic E-state index is 13.1. The van der Waals surface area contributed by atoms with Crippen molar-refractivity contribution in [3.05, 3.63) is 108 Å². The number of aryl methyl sites for hydroxylation is 2. The van der Waals surface area contributed by atoms with Gasteiger partial charge in [-0.3, -0.25) is 9.59 Å². The smallest absolute Gasteiger partial charge is 0.291 e. The second-order valence-corrected chi connectivity index (χ2v) is 10.5. The number of rotatable bonds is 9. The second-order valence-electron chi connectivity index (χ2n) is 10.5. The number of nitrogens with one attached hydrogen (secondary N) is 3. The number of amides is 2. The summed E-state index contributed by atoms with van der Waals surface area (Å²) in [5, 5.41) is 5.99. The van der Waals surface area contributed by atoms with Crippen LogP contribution in [0.4, 0.5) is 17.1 Å². The Balaban J connectivity index is 1.13. The van der Waals surface area contributed by atoms with Crippen LogP contribution in [-0.2, 0) is 6.42 Å². The molecule has 0 unspecified atom stereocenters. The Bertz CT molecular complexity index is 1650. The first kappa shape index (κ1) is 27.1. The van der Waals surface area contributed by atoms with E-state index in [4.69, 9.17) is 4.42 Å². The average molecular weight is 563 g/mol. The molecular weight excluding hydrogens is 528 g/mol. The zero-order valence-electron chi connectivity index (χ0n) is 23.6. The number of carbonyl (C=O) groups is 2. The van der Waals surface area contributed by atoms with E-state index in [0.29, 0.717) is 17.8 Å². The fourth-order valence-corrected chi connectivity index (χ4v) is 5.44. The number of benzene rings is 3. The van der Waals surface area contributed by atoms with Crippen LogP contribution < -0.4 is 20.4 Å². The van der Waals surface area contributed by atoms with E-state index in [9.17, 15) is 9.59 Å². The number of imidazole rings is 1. The van der Waals surface area contributed by atoms with E-state index in [1.807, 2.05) is 36.4 Å². The molecule has 0 spiro atoms. The predicted molar refractivity (Wildman–Crippen MR) is 165 cm³/mol. The van der Waals surface area contributed by atoms with E-state index in [0.717, 1.165) is 61.6 Å². The highest BCUT2D eigenvalue weighted by atomic mass is 16.3. The SMILES string of the molecule is Cc1ccccc1N1CCN(c2ccc(C(=O)NCCCc3nc4ccccc4[nH]3)cc2NC(=O)c2ccco2)CC1. The summed E-state index contributed by atoms with van der Waals surface area (Å²) < 4.78 is 5.31. The molecule has 1 fully saturated rings. The summed E-state index contributed by atoms with van der Waals surface area (Å²) in [6, 6.07) is 25.1. The predicted octanol–water partition coefficient (Wildman–Crippen LogP) is 5.41. The third kappa shape index (κ3) is 6.00. The van der Waals surface area contributed by atoms with Gasteiger partial charge in [0, 0.05) is 50.4 Å². The molecule has 0 bridgehead atoms. The van der Waals surface area contributed by atoms with Crippen molar-refractivity contribution in [2.75, 3.05) is 47.8 Å². The van der Waals surface area contributed by atoms with Crippen molar-refractivity contribution in [3.63, 3.8) is 0 Å². The van der Waals surface area contributed by atoms with Crippen molar-refractivity contribution in [1.82, 2.24) is 15.3 Å². The zero-order valence-corrected chi connectivity index (χ0v) is 23.6. The summed E-state index contributed by atoms with van der Waals surface area (Å²) in [7, 11) is 0. The van der Waals surface area contributed by atoms with Crippen molar-refractivity contribution < 1.29 is 14.0 Å². The Morgan fingerprint density at radius 3 is 2.40 bits per heavy atom. The van der Waals surface area contributed by atoms with E-state index in [2.05, 4.69) is 61.6 Å². The van der Waals surface area contributed by atoms with E-state index >= 15 is 0 Å². The number of carbonyl (C=O) groups excluding carboxylic acids is 2. The molecule has 5 aromatic rings. The van der Waals surface area contributed by atoms with Crippen molar-refractivity contribution in [2.24, 2.45) is 0 Å². The average Bonchev–Trinajstić information content (AvgIpc) is 3.70. The molecule has 0 radical (unpaired) electrons. The van der Waals surface area contributed by atoms with Crippen molar-refractivity contribution in [3.8, 4) is 0 Å². The fraction of sp³-hybridized carbons (Fsp3) is 0.242. The highest BCUT2D eigenvalue weighted by Gasteiger charge is 2.23. The Kier molecular flexibility index (Phi) is 7.89. The molecule has 9 heteroatoms. The molecular formula is C33H34N6O3. The number of aromatic amines is 1. The number of anilines is 3. The Hall–Kier alpha value is -5.05. The largest absolute Gasteiger partial charge is 0.459 e. The molecule has 6 rings (SSSR count). The topological polar surface area (TPSA) is 106 Å². The van der Waals surface area contributed by atoms with Gasteiger partial charge in [0.15, 0.2) is 5.76 Å². The van der Waals surface area contributed by atoms with Gasteiger partial charge in [-0.15, -0.1) is 0 Å². The quantitative estimate of drug-likeness (QED) is 0.208. The third-order valence-corrected chi connectivity index (χ3v) is 7.64. The van der Waals surface area contributed by atoms with E-state index in [-0.39, 0.29) is 17.6 Å². The van der Waals surface area contributed by atoms with Crippen LogP contribution in [0.15, 0.2) is 89.5 Å². The second kappa shape index (κ2) is 12.2. The van der Waals surface area contributed by atoms with Gasteiger partial charge in [0.2, 0.25) is 0 Å². The third-order valence-electron chi connectivity index (χ3n) is 7.64. The standard InChI is InChI=1S/C33H34N6O3/c1-23-8-2-5-11-28(23)38-17-19-39(20-18-38)29-15-14-24(22-27(29)37-33(41)30-12-7-21-42-30)32(40)34-16-6-13-31-35-25-9-3-4-10-26(25)36-31/h2-5,7-12,14-15,21-22H,6,13,16-20H2,1H3,(H,34,40)(H,35,36)(H,37,41). The zero-order chi connectivity index (χ0) is 28.9. The Morgan fingerprint density at radius 2 is 1.64 bits per heavy atom. The molecule has 1 aliphatic rings. The number of H-pyrrole nitrogens is 1. The molecule has 42 heavy (non-hydrogen) atoms. The van der Waals surface area contributed by atoms with E-state index in [1.54, 1.807) is 18.2 Å². The highest BCUT2D eigenvalue weighted by molar-refractivity contribution is 6.05. The number of furan rings is 1. The monoisotopic (exact) mass is 562 g/mol. The molecule has 1 aliphatic heterocycles. The Labute approximate surface area is 244 Å². The molecule has 9 nitrogen and oxygen atoms in total. The lowest BCUT2D eigenvalue weighted by atomic mass is 10.1. The number of aromatic nitrogens is 2. The summed E-state index contributed by atoms with van der Waals surface area (Å²) >= 11 is 0. The van der Waals surface area contributed by atoms with Crippen LogP contribution in [0.3, 0.4) is 0 Å². The molecule has 3 heterocycles. The van der Waals surface area contributed by atoms with Crippen LogP contribution in [0.1, 0.15) is 38.7 Å². The number of fused-ring (bicyclic) bond motifs is 1. The molecule has 2 amide bonds. The van der Waals surface area contributed by atoms with Crippen molar-refractivity contribution >= 4 is 39.9 Å². The lowest BCUT2D eigenvalue weighted by Gasteiger charge is -2.38. The summed E-state index contributed by atoms with van der Waals surface area (Å²) in [6.45, 7) is 5.91. The van der Waals surface area contributed by atoms with Gasteiger partial charge < -0.3 is 29.8 Å². The summed E-state index contributed by atoms with van der Waals surface area (Å²) in [5.41, 5.74) is 6.39. The van der Waals surface area contributed by atoms with Crippen LogP contribution in [0, 0.1) is 6.92 Å². The lowest BCUT2D eigenvalue weighted by Crippen LogP contribution is -2.47. The van der Waals surface area contributed by atoms with Crippen LogP contribution >= 0.6 is 0 Å². The first-order valence-electron chi connectivity index (χ1n) is 14.3. The Morgan fingerprint density at radius 1 is 0.881 bits per heavy atom. The number of hydrogen-bond acceptors (Lipinski definition) is 6. The number of hydrogen-bond donors (Lipinski definition) is 3. The van der Waals surface area contributed by atoms with Gasteiger partial charge >= 0.3 is 0 Å². The van der Waals surface area contributed by atoms with Crippen molar-refractivity contribution in [1.29, 1.82) is 0 Å².